The van der Waals surface area contributed by atoms with Crippen molar-refractivity contribution in [1.82, 2.24) is 0 Å². The van der Waals surface area contributed by atoms with E-state index in [0.717, 1.165) is 44.8 Å². The molecule has 1 fully saturated rings. The van der Waals surface area contributed by atoms with E-state index in [1.807, 2.05) is 0 Å². The Hall–Kier alpha value is -0.940. The van der Waals surface area contributed by atoms with Crippen molar-refractivity contribution < 1.29 is 24.9 Å². The zero-order chi connectivity index (χ0) is 17.1. The van der Waals surface area contributed by atoms with Crippen molar-refractivity contribution in [3.05, 3.63) is 0 Å². The van der Waals surface area contributed by atoms with Gasteiger partial charge in [0.05, 0.1) is 12.2 Å². The van der Waals surface area contributed by atoms with Gasteiger partial charge >= 0.3 is 5.97 Å². The fourth-order valence-electron chi connectivity index (χ4n) is 3.76. The van der Waals surface area contributed by atoms with E-state index in [2.05, 4.69) is 0 Å². The molecule has 5 heteroatoms. The third-order valence-electron chi connectivity index (χ3n) is 5.07. The van der Waals surface area contributed by atoms with Crippen LogP contribution in [0.15, 0.2) is 0 Å². The van der Waals surface area contributed by atoms with Gasteiger partial charge in [-0.25, -0.2) is 0 Å². The average molecular weight is 328 g/mol. The van der Waals surface area contributed by atoms with E-state index in [1.54, 1.807) is 0 Å². The Balaban J connectivity index is 2.15. The topological polar surface area (TPSA) is 94.8 Å². The first-order valence-electron chi connectivity index (χ1n) is 9.07. The molecule has 134 valence electrons. The number of unbranched alkanes of at least 4 members (excludes halogenated alkanes) is 7. The Bertz CT molecular complexity index is 344. The molecule has 23 heavy (non-hydrogen) atoms. The van der Waals surface area contributed by atoms with Gasteiger partial charge in [0.15, 0.2) is 0 Å². The van der Waals surface area contributed by atoms with E-state index in [9.17, 15) is 19.8 Å². The Kier molecular flexibility index (Phi) is 10.1. The number of carbonyl (C=O) groups is 2. The maximum Gasteiger partial charge on any atom is 0.303 e. The molecule has 0 bridgehead atoms. The zero-order valence-corrected chi connectivity index (χ0v) is 14.0. The second-order valence-corrected chi connectivity index (χ2v) is 6.85. The van der Waals surface area contributed by atoms with Crippen LogP contribution < -0.4 is 0 Å². The molecule has 0 aromatic heterocycles. The molecule has 1 saturated carbocycles. The van der Waals surface area contributed by atoms with Crippen molar-refractivity contribution in [2.45, 2.75) is 89.3 Å². The number of aliphatic hydroxyl groups is 2. The number of carbonyl (C=O) groups excluding carboxylic acids is 1. The molecule has 0 spiro atoms. The van der Waals surface area contributed by atoms with Crippen LogP contribution in [0.5, 0.6) is 0 Å². The van der Waals surface area contributed by atoms with Crippen molar-refractivity contribution in [1.29, 1.82) is 0 Å². The number of aliphatic hydroxyl groups excluding tert-OH is 2. The zero-order valence-electron chi connectivity index (χ0n) is 14.0. The first kappa shape index (κ1) is 20.1. The molecule has 1 rings (SSSR count). The molecule has 5 nitrogen and oxygen atoms in total. The lowest BCUT2D eigenvalue weighted by Crippen LogP contribution is -2.23. The van der Waals surface area contributed by atoms with Crippen LogP contribution >= 0.6 is 0 Å². The van der Waals surface area contributed by atoms with Gasteiger partial charge in [-0.3, -0.25) is 4.79 Å². The largest absolute Gasteiger partial charge is 0.481 e. The van der Waals surface area contributed by atoms with Crippen LogP contribution in [0.3, 0.4) is 0 Å². The van der Waals surface area contributed by atoms with E-state index >= 15 is 0 Å². The quantitative estimate of drug-likeness (QED) is 0.357. The Morgan fingerprint density at radius 1 is 0.870 bits per heavy atom. The van der Waals surface area contributed by atoms with Gasteiger partial charge in [-0.05, 0) is 37.5 Å². The van der Waals surface area contributed by atoms with Gasteiger partial charge < -0.3 is 20.1 Å². The third kappa shape index (κ3) is 7.93. The van der Waals surface area contributed by atoms with Gasteiger partial charge in [0, 0.05) is 12.8 Å². The molecule has 3 N–H and O–H groups in total. The summed E-state index contributed by atoms with van der Waals surface area (Å²) in [6, 6.07) is 0. The van der Waals surface area contributed by atoms with Crippen molar-refractivity contribution in [2.75, 3.05) is 0 Å². The number of carboxylic acids is 1. The smallest absolute Gasteiger partial charge is 0.303 e. The SMILES string of the molecule is O=CCCCCCCCCCC1C(O)CC(O)C1CCC(=O)O. The molecular weight excluding hydrogens is 296 g/mol. The molecule has 1 aliphatic rings. The standard InChI is InChI=1S/C18H32O5/c19-12-8-6-4-2-1-3-5-7-9-14-15(10-11-18(22)23)17(21)13-16(14)20/h12,14-17,20-21H,1-11,13H2,(H,22,23). The predicted octanol–water partition coefficient (Wildman–Crippen LogP) is 2.92. The number of aliphatic carboxylic acids is 1. The first-order chi connectivity index (χ1) is 11.1. The molecule has 0 aromatic rings. The molecule has 0 aromatic carbocycles. The highest BCUT2D eigenvalue weighted by atomic mass is 16.4. The molecule has 4 atom stereocenters. The average Bonchev–Trinajstić information content (AvgIpc) is 2.77. The van der Waals surface area contributed by atoms with Gasteiger partial charge in [-0.1, -0.05) is 38.5 Å². The van der Waals surface area contributed by atoms with E-state index in [1.165, 1.54) is 12.8 Å². The second-order valence-electron chi connectivity index (χ2n) is 6.85. The van der Waals surface area contributed by atoms with Crippen LogP contribution in [-0.4, -0.2) is 39.8 Å². The fraction of sp³-hybridized carbons (Fsp3) is 0.889. The number of carboxylic acid groups (broad SMARTS) is 1. The van der Waals surface area contributed by atoms with Crippen LogP contribution in [0.2, 0.25) is 0 Å². The van der Waals surface area contributed by atoms with E-state index in [0.29, 0.717) is 19.3 Å². The summed E-state index contributed by atoms with van der Waals surface area (Å²) < 4.78 is 0. The lowest BCUT2D eigenvalue weighted by Gasteiger charge is -2.23. The highest BCUT2D eigenvalue weighted by Gasteiger charge is 2.40. The van der Waals surface area contributed by atoms with Crippen LogP contribution in [0.1, 0.15) is 77.0 Å². The summed E-state index contributed by atoms with van der Waals surface area (Å²) in [6.45, 7) is 0. The molecule has 0 amide bonds. The maximum absolute atomic E-state index is 10.7. The Morgan fingerprint density at radius 3 is 1.96 bits per heavy atom. The van der Waals surface area contributed by atoms with Crippen molar-refractivity contribution in [3.63, 3.8) is 0 Å². The third-order valence-corrected chi connectivity index (χ3v) is 5.07. The minimum absolute atomic E-state index is 0.0388. The van der Waals surface area contributed by atoms with Crippen molar-refractivity contribution in [3.8, 4) is 0 Å². The molecule has 0 saturated heterocycles. The fourth-order valence-corrected chi connectivity index (χ4v) is 3.76. The lowest BCUT2D eigenvalue weighted by molar-refractivity contribution is -0.137. The summed E-state index contributed by atoms with van der Waals surface area (Å²) >= 11 is 0. The summed E-state index contributed by atoms with van der Waals surface area (Å²) in [6.07, 6.45) is 10.1. The predicted molar refractivity (Wildman–Crippen MR) is 88.1 cm³/mol. The second kappa shape index (κ2) is 11.6. The van der Waals surface area contributed by atoms with E-state index in [4.69, 9.17) is 5.11 Å². The molecule has 4 unspecified atom stereocenters. The molecular formula is C18H32O5. The van der Waals surface area contributed by atoms with E-state index in [-0.39, 0.29) is 18.3 Å². The van der Waals surface area contributed by atoms with Crippen LogP contribution in [0.25, 0.3) is 0 Å². The first-order valence-corrected chi connectivity index (χ1v) is 9.07. The Morgan fingerprint density at radius 2 is 1.39 bits per heavy atom. The molecule has 1 aliphatic carbocycles. The van der Waals surface area contributed by atoms with Crippen LogP contribution in [-0.2, 0) is 9.59 Å². The van der Waals surface area contributed by atoms with Gasteiger partial charge in [0.25, 0.3) is 0 Å². The molecule has 0 radical (unpaired) electrons. The minimum Gasteiger partial charge on any atom is -0.481 e. The number of rotatable bonds is 13. The van der Waals surface area contributed by atoms with Gasteiger partial charge in [-0.2, -0.15) is 0 Å². The lowest BCUT2D eigenvalue weighted by atomic mass is 9.85. The van der Waals surface area contributed by atoms with Crippen LogP contribution in [0.4, 0.5) is 0 Å². The highest BCUT2D eigenvalue weighted by Crippen LogP contribution is 2.38. The summed E-state index contributed by atoms with van der Waals surface area (Å²) in [4.78, 5) is 20.9. The molecule has 0 heterocycles. The molecule has 0 aliphatic heterocycles. The van der Waals surface area contributed by atoms with Gasteiger partial charge in [-0.15, -0.1) is 0 Å². The van der Waals surface area contributed by atoms with Crippen LogP contribution in [0, 0.1) is 11.8 Å². The summed E-state index contributed by atoms with van der Waals surface area (Å²) in [5, 5.41) is 28.9. The summed E-state index contributed by atoms with van der Waals surface area (Å²) in [7, 11) is 0. The van der Waals surface area contributed by atoms with Gasteiger partial charge in [0.1, 0.15) is 6.29 Å². The summed E-state index contributed by atoms with van der Waals surface area (Å²) in [5.74, 6) is -0.881. The highest BCUT2D eigenvalue weighted by molar-refractivity contribution is 5.66. The van der Waals surface area contributed by atoms with Gasteiger partial charge in [0.2, 0.25) is 0 Å². The summed E-state index contributed by atoms with van der Waals surface area (Å²) in [5.41, 5.74) is 0. The monoisotopic (exact) mass is 328 g/mol. The number of aldehydes is 1. The van der Waals surface area contributed by atoms with E-state index < -0.39 is 18.2 Å². The van der Waals surface area contributed by atoms with Crippen molar-refractivity contribution >= 4 is 12.3 Å². The number of hydrogen-bond acceptors (Lipinski definition) is 4. The maximum atomic E-state index is 10.7. The number of hydrogen-bond donors (Lipinski definition) is 3. The van der Waals surface area contributed by atoms with Crippen molar-refractivity contribution in [2.24, 2.45) is 11.8 Å². The Labute approximate surface area is 139 Å². The normalized spacial score (nSPS) is 27.2. The minimum atomic E-state index is -0.841.